The maximum Gasteiger partial charge on any atom is 0.272 e. The molecule has 21 heavy (non-hydrogen) atoms. The number of nitrogens with two attached hydrogens (primary N) is 1. The first-order chi connectivity index (χ1) is 9.92. The van der Waals surface area contributed by atoms with Crippen molar-refractivity contribution in [2.24, 2.45) is 5.73 Å². The molecule has 4 N–H and O–H groups in total. The smallest absolute Gasteiger partial charge is 0.272 e. The number of rotatable bonds is 4. The minimum atomic E-state index is -0.349. The van der Waals surface area contributed by atoms with Crippen molar-refractivity contribution in [3.63, 3.8) is 0 Å². The van der Waals surface area contributed by atoms with E-state index in [1.165, 1.54) is 6.07 Å². The summed E-state index contributed by atoms with van der Waals surface area (Å²) < 4.78 is 0. The molecule has 0 fully saturated rings. The number of amides is 1. The maximum atomic E-state index is 12.0. The Morgan fingerprint density at radius 1 is 1.19 bits per heavy atom. The molecule has 0 atom stereocenters. The highest BCUT2D eigenvalue weighted by Crippen LogP contribution is 2.23. The summed E-state index contributed by atoms with van der Waals surface area (Å²) in [7, 11) is 0. The fourth-order valence-electron chi connectivity index (χ4n) is 1.90. The summed E-state index contributed by atoms with van der Waals surface area (Å²) in [6.07, 6.45) is 0. The number of hydrogen-bond donors (Lipinski definition) is 3. The Hall–Kier alpha value is -2.40. The van der Waals surface area contributed by atoms with Gasteiger partial charge in [0.2, 0.25) is 5.56 Å². The second-order valence-corrected chi connectivity index (χ2v) is 5.55. The van der Waals surface area contributed by atoms with E-state index in [2.05, 4.69) is 24.1 Å². The highest BCUT2D eigenvalue weighted by molar-refractivity contribution is 6.02. The van der Waals surface area contributed by atoms with Gasteiger partial charge in [0.15, 0.2) is 0 Å². The van der Waals surface area contributed by atoms with E-state index < -0.39 is 0 Å². The van der Waals surface area contributed by atoms with Crippen LogP contribution >= 0.6 is 0 Å². The lowest BCUT2D eigenvalue weighted by molar-refractivity contribution is 0.102. The second kappa shape index (κ2) is 5.93. The molecule has 2 rings (SSSR count). The molecule has 5 heteroatoms. The van der Waals surface area contributed by atoms with Crippen LogP contribution in [0.1, 0.15) is 29.9 Å². The molecule has 0 spiro atoms. The third-order valence-electron chi connectivity index (χ3n) is 3.45. The van der Waals surface area contributed by atoms with E-state index >= 15 is 0 Å². The molecule has 0 saturated carbocycles. The van der Waals surface area contributed by atoms with E-state index in [1.54, 1.807) is 12.1 Å². The SMILES string of the molecule is CC(C)(CN)c1ccc(NC(=O)c2cccc(=O)[nH]2)cc1. The van der Waals surface area contributed by atoms with Crippen LogP contribution in [-0.2, 0) is 5.41 Å². The van der Waals surface area contributed by atoms with E-state index in [4.69, 9.17) is 5.73 Å². The standard InChI is InChI=1S/C16H19N3O2/c1-16(2,10-17)11-6-8-12(9-7-11)18-15(21)13-4-3-5-14(20)19-13/h3-9H,10,17H2,1-2H3,(H,18,21)(H,19,20). The third kappa shape index (κ3) is 3.58. The molecule has 1 aromatic carbocycles. The lowest BCUT2D eigenvalue weighted by Gasteiger charge is -2.23. The first-order valence-electron chi connectivity index (χ1n) is 6.74. The molecule has 0 aliphatic rings. The van der Waals surface area contributed by atoms with Crippen LogP contribution in [0.2, 0.25) is 0 Å². The molecule has 0 aliphatic carbocycles. The van der Waals surface area contributed by atoms with Crippen LogP contribution in [-0.4, -0.2) is 17.4 Å². The highest BCUT2D eigenvalue weighted by Gasteiger charge is 2.18. The number of carbonyl (C=O) groups excluding carboxylic acids is 1. The highest BCUT2D eigenvalue weighted by atomic mass is 16.2. The topological polar surface area (TPSA) is 88.0 Å². The number of H-pyrrole nitrogens is 1. The molecule has 1 aromatic heterocycles. The number of anilines is 1. The summed E-state index contributed by atoms with van der Waals surface area (Å²) in [4.78, 5) is 25.7. The van der Waals surface area contributed by atoms with Crippen molar-refractivity contribution < 1.29 is 4.79 Å². The van der Waals surface area contributed by atoms with Crippen molar-refractivity contribution in [3.8, 4) is 0 Å². The Kier molecular flexibility index (Phi) is 4.23. The van der Waals surface area contributed by atoms with Crippen molar-refractivity contribution >= 4 is 11.6 Å². The molecule has 1 amide bonds. The van der Waals surface area contributed by atoms with Crippen LogP contribution in [0.4, 0.5) is 5.69 Å². The number of pyridine rings is 1. The Morgan fingerprint density at radius 3 is 2.43 bits per heavy atom. The fourth-order valence-corrected chi connectivity index (χ4v) is 1.90. The van der Waals surface area contributed by atoms with E-state index in [-0.39, 0.29) is 22.6 Å². The Bertz CT molecular complexity index is 687. The number of aromatic amines is 1. The normalized spacial score (nSPS) is 11.2. The molecule has 0 radical (unpaired) electrons. The van der Waals surface area contributed by atoms with Crippen LogP contribution in [0.25, 0.3) is 0 Å². The molecule has 0 bridgehead atoms. The van der Waals surface area contributed by atoms with Crippen LogP contribution in [0, 0.1) is 0 Å². The van der Waals surface area contributed by atoms with Crippen molar-refractivity contribution in [2.75, 3.05) is 11.9 Å². The molecular weight excluding hydrogens is 266 g/mol. The average Bonchev–Trinajstić information content (AvgIpc) is 2.48. The molecular formula is C16H19N3O2. The summed E-state index contributed by atoms with van der Waals surface area (Å²) >= 11 is 0. The summed E-state index contributed by atoms with van der Waals surface area (Å²) in [6, 6.07) is 12.0. The largest absolute Gasteiger partial charge is 0.330 e. The summed E-state index contributed by atoms with van der Waals surface area (Å²) in [5, 5.41) is 2.74. The van der Waals surface area contributed by atoms with Gasteiger partial charge in [-0.15, -0.1) is 0 Å². The van der Waals surface area contributed by atoms with Gasteiger partial charge in [-0.3, -0.25) is 9.59 Å². The van der Waals surface area contributed by atoms with Crippen LogP contribution in [0.15, 0.2) is 47.3 Å². The fraction of sp³-hybridized carbons (Fsp3) is 0.250. The predicted octanol–water partition coefficient (Wildman–Crippen LogP) is 1.86. The van der Waals surface area contributed by atoms with Gasteiger partial charge in [0.1, 0.15) is 5.69 Å². The van der Waals surface area contributed by atoms with Gasteiger partial charge in [0.25, 0.3) is 5.91 Å². The zero-order chi connectivity index (χ0) is 15.5. The first kappa shape index (κ1) is 15.0. The van der Waals surface area contributed by atoms with Crippen LogP contribution in [0.3, 0.4) is 0 Å². The Labute approximate surface area is 123 Å². The summed E-state index contributed by atoms with van der Waals surface area (Å²) in [5.41, 5.74) is 7.34. The van der Waals surface area contributed by atoms with E-state index in [1.807, 2.05) is 24.3 Å². The average molecular weight is 285 g/mol. The zero-order valence-electron chi connectivity index (χ0n) is 12.1. The summed E-state index contributed by atoms with van der Waals surface area (Å²) in [6.45, 7) is 4.68. The van der Waals surface area contributed by atoms with Gasteiger partial charge in [0, 0.05) is 23.7 Å². The van der Waals surface area contributed by atoms with Crippen molar-refractivity contribution in [2.45, 2.75) is 19.3 Å². The number of benzene rings is 1. The quantitative estimate of drug-likeness (QED) is 0.801. The Morgan fingerprint density at radius 2 is 1.86 bits per heavy atom. The molecule has 110 valence electrons. The van der Waals surface area contributed by atoms with Crippen molar-refractivity contribution in [1.82, 2.24) is 4.98 Å². The predicted molar refractivity (Wildman–Crippen MR) is 83.5 cm³/mol. The molecule has 0 aliphatic heterocycles. The van der Waals surface area contributed by atoms with Crippen LogP contribution in [0.5, 0.6) is 0 Å². The zero-order valence-corrected chi connectivity index (χ0v) is 12.1. The maximum absolute atomic E-state index is 12.0. The van der Waals surface area contributed by atoms with Gasteiger partial charge in [-0.05, 0) is 23.8 Å². The van der Waals surface area contributed by atoms with Crippen LogP contribution < -0.4 is 16.6 Å². The second-order valence-electron chi connectivity index (χ2n) is 5.55. The summed E-state index contributed by atoms with van der Waals surface area (Å²) in [5.74, 6) is -0.349. The van der Waals surface area contributed by atoms with Gasteiger partial charge in [-0.1, -0.05) is 32.0 Å². The lowest BCUT2D eigenvalue weighted by atomic mass is 9.85. The van der Waals surface area contributed by atoms with Gasteiger partial charge < -0.3 is 16.0 Å². The first-order valence-corrected chi connectivity index (χ1v) is 6.74. The Balaban J connectivity index is 2.14. The number of carbonyl (C=O) groups is 1. The van der Waals surface area contributed by atoms with Gasteiger partial charge in [0.05, 0.1) is 0 Å². The van der Waals surface area contributed by atoms with Gasteiger partial charge in [-0.25, -0.2) is 0 Å². The number of aromatic nitrogens is 1. The monoisotopic (exact) mass is 285 g/mol. The minimum Gasteiger partial charge on any atom is -0.330 e. The third-order valence-corrected chi connectivity index (χ3v) is 3.45. The van der Waals surface area contributed by atoms with Crippen molar-refractivity contribution in [3.05, 3.63) is 64.1 Å². The lowest BCUT2D eigenvalue weighted by Crippen LogP contribution is -2.28. The molecule has 2 aromatic rings. The minimum absolute atomic E-state index is 0.104. The molecule has 0 saturated heterocycles. The molecule has 5 nitrogen and oxygen atoms in total. The van der Waals surface area contributed by atoms with E-state index in [0.717, 1.165) is 5.56 Å². The van der Waals surface area contributed by atoms with Crippen molar-refractivity contribution in [1.29, 1.82) is 0 Å². The van der Waals surface area contributed by atoms with E-state index in [9.17, 15) is 9.59 Å². The van der Waals surface area contributed by atoms with Gasteiger partial charge in [-0.2, -0.15) is 0 Å². The van der Waals surface area contributed by atoms with E-state index in [0.29, 0.717) is 12.2 Å². The number of nitrogens with one attached hydrogen (secondary N) is 2. The van der Waals surface area contributed by atoms with Gasteiger partial charge >= 0.3 is 0 Å². The molecule has 0 unspecified atom stereocenters. The number of hydrogen-bond acceptors (Lipinski definition) is 3. The molecule has 1 heterocycles.